The molecular formula is C24H28O8. The SMILES string of the molecule is COC(=O)CCc1cc(C)ccc1C(=O)OC.Cc1ccc(C(=O)O)c(CCC(=O)O)c1. The van der Waals surface area contributed by atoms with Crippen LogP contribution in [-0.4, -0.2) is 48.3 Å². The number of carboxylic acid groups (broad SMARTS) is 2. The third-order valence-corrected chi connectivity index (χ3v) is 4.59. The Hall–Kier alpha value is -3.68. The van der Waals surface area contributed by atoms with Gasteiger partial charge in [0.25, 0.3) is 0 Å². The lowest BCUT2D eigenvalue weighted by Gasteiger charge is -2.08. The van der Waals surface area contributed by atoms with Gasteiger partial charge in [0.2, 0.25) is 0 Å². The zero-order chi connectivity index (χ0) is 24.3. The first-order chi connectivity index (χ1) is 15.1. The van der Waals surface area contributed by atoms with Gasteiger partial charge in [0.15, 0.2) is 0 Å². The van der Waals surface area contributed by atoms with Crippen LogP contribution in [0.15, 0.2) is 36.4 Å². The average molecular weight is 444 g/mol. The van der Waals surface area contributed by atoms with Crippen molar-refractivity contribution in [1.29, 1.82) is 0 Å². The van der Waals surface area contributed by atoms with E-state index in [0.29, 0.717) is 17.5 Å². The molecule has 0 saturated carbocycles. The zero-order valence-corrected chi connectivity index (χ0v) is 18.6. The molecule has 8 heteroatoms. The fraction of sp³-hybridized carbons (Fsp3) is 0.333. The predicted molar refractivity (Wildman–Crippen MR) is 117 cm³/mol. The summed E-state index contributed by atoms with van der Waals surface area (Å²) in [6, 6.07) is 10.4. The molecule has 0 atom stereocenters. The van der Waals surface area contributed by atoms with E-state index in [-0.39, 0.29) is 36.8 Å². The predicted octanol–water partition coefficient (Wildman–Crippen LogP) is 3.60. The first kappa shape index (κ1) is 26.4. The molecule has 172 valence electrons. The number of aliphatic carboxylic acids is 1. The van der Waals surface area contributed by atoms with Crippen LogP contribution < -0.4 is 0 Å². The van der Waals surface area contributed by atoms with Crippen molar-refractivity contribution in [3.63, 3.8) is 0 Å². The highest BCUT2D eigenvalue weighted by Gasteiger charge is 2.13. The highest BCUT2D eigenvalue weighted by molar-refractivity contribution is 5.91. The summed E-state index contributed by atoms with van der Waals surface area (Å²) in [5.74, 6) is -2.62. The number of benzene rings is 2. The second kappa shape index (κ2) is 12.9. The van der Waals surface area contributed by atoms with Crippen molar-refractivity contribution >= 4 is 23.9 Å². The number of hydrogen-bond acceptors (Lipinski definition) is 6. The normalized spacial score (nSPS) is 9.88. The maximum Gasteiger partial charge on any atom is 0.338 e. The topological polar surface area (TPSA) is 127 Å². The second-order valence-corrected chi connectivity index (χ2v) is 7.09. The molecule has 2 aromatic rings. The Morgan fingerprint density at radius 1 is 0.750 bits per heavy atom. The molecule has 32 heavy (non-hydrogen) atoms. The van der Waals surface area contributed by atoms with Gasteiger partial charge in [-0.2, -0.15) is 0 Å². The van der Waals surface area contributed by atoms with E-state index in [1.54, 1.807) is 18.2 Å². The van der Waals surface area contributed by atoms with Gasteiger partial charge in [-0.3, -0.25) is 9.59 Å². The molecule has 0 radical (unpaired) electrons. The molecule has 0 unspecified atom stereocenters. The average Bonchev–Trinajstić information content (AvgIpc) is 2.75. The molecule has 0 spiro atoms. The van der Waals surface area contributed by atoms with E-state index >= 15 is 0 Å². The van der Waals surface area contributed by atoms with Crippen LogP contribution >= 0.6 is 0 Å². The van der Waals surface area contributed by atoms with Crippen molar-refractivity contribution in [2.75, 3.05) is 14.2 Å². The Bertz CT molecular complexity index is 978. The number of aryl methyl sites for hydroxylation is 4. The van der Waals surface area contributed by atoms with Crippen LogP contribution in [0.3, 0.4) is 0 Å². The van der Waals surface area contributed by atoms with Crippen LogP contribution in [0, 0.1) is 13.8 Å². The third-order valence-electron chi connectivity index (χ3n) is 4.59. The van der Waals surface area contributed by atoms with Gasteiger partial charge in [-0.25, -0.2) is 9.59 Å². The Labute approximate surface area is 186 Å². The zero-order valence-electron chi connectivity index (χ0n) is 18.6. The minimum absolute atomic E-state index is 0.0519. The first-order valence-electron chi connectivity index (χ1n) is 9.88. The Kier molecular flexibility index (Phi) is 10.6. The summed E-state index contributed by atoms with van der Waals surface area (Å²) in [5, 5.41) is 17.4. The van der Waals surface area contributed by atoms with Crippen LogP contribution in [0.1, 0.15) is 55.8 Å². The largest absolute Gasteiger partial charge is 0.481 e. The van der Waals surface area contributed by atoms with Crippen LogP contribution in [0.2, 0.25) is 0 Å². The van der Waals surface area contributed by atoms with Gasteiger partial charge < -0.3 is 19.7 Å². The fourth-order valence-electron chi connectivity index (χ4n) is 2.96. The van der Waals surface area contributed by atoms with Crippen molar-refractivity contribution < 1.29 is 38.9 Å². The molecule has 0 aliphatic heterocycles. The summed E-state index contributed by atoms with van der Waals surface area (Å²) >= 11 is 0. The second-order valence-electron chi connectivity index (χ2n) is 7.09. The van der Waals surface area contributed by atoms with E-state index in [1.807, 2.05) is 26.0 Å². The summed E-state index contributed by atoms with van der Waals surface area (Å²) in [7, 11) is 2.69. The molecule has 0 saturated heterocycles. The van der Waals surface area contributed by atoms with E-state index in [9.17, 15) is 19.2 Å². The van der Waals surface area contributed by atoms with Gasteiger partial charge in [-0.15, -0.1) is 0 Å². The van der Waals surface area contributed by atoms with Crippen molar-refractivity contribution in [1.82, 2.24) is 0 Å². The molecule has 0 fully saturated rings. The van der Waals surface area contributed by atoms with Crippen molar-refractivity contribution in [2.24, 2.45) is 0 Å². The monoisotopic (exact) mass is 444 g/mol. The lowest BCUT2D eigenvalue weighted by molar-refractivity contribution is -0.140. The van der Waals surface area contributed by atoms with Crippen molar-refractivity contribution in [3.05, 3.63) is 69.8 Å². The fourth-order valence-corrected chi connectivity index (χ4v) is 2.96. The van der Waals surface area contributed by atoms with E-state index in [1.165, 1.54) is 20.3 Å². The Morgan fingerprint density at radius 2 is 1.25 bits per heavy atom. The highest BCUT2D eigenvalue weighted by atomic mass is 16.5. The maximum atomic E-state index is 11.5. The molecule has 2 aromatic carbocycles. The molecular weight excluding hydrogens is 416 g/mol. The van der Waals surface area contributed by atoms with Gasteiger partial charge >= 0.3 is 23.9 Å². The maximum absolute atomic E-state index is 11.5. The Balaban J connectivity index is 0.000000323. The molecule has 2 rings (SSSR count). The lowest BCUT2D eigenvalue weighted by Crippen LogP contribution is -2.08. The molecule has 0 aliphatic carbocycles. The number of hydrogen-bond donors (Lipinski definition) is 2. The number of carboxylic acids is 2. The number of aromatic carboxylic acids is 1. The van der Waals surface area contributed by atoms with Crippen molar-refractivity contribution in [2.45, 2.75) is 39.5 Å². The molecule has 0 aromatic heterocycles. The van der Waals surface area contributed by atoms with Gasteiger partial charge in [0.05, 0.1) is 25.3 Å². The molecule has 8 nitrogen and oxygen atoms in total. The lowest BCUT2D eigenvalue weighted by atomic mass is 10.0. The summed E-state index contributed by atoms with van der Waals surface area (Å²) in [5.41, 5.74) is 4.04. The summed E-state index contributed by atoms with van der Waals surface area (Å²) < 4.78 is 9.27. The third kappa shape index (κ3) is 8.59. The van der Waals surface area contributed by atoms with Crippen LogP contribution in [-0.2, 0) is 31.9 Å². The first-order valence-corrected chi connectivity index (χ1v) is 9.88. The van der Waals surface area contributed by atoms with Crippen LogP contribution in [0.25, 0.3) is 0 Å². The summed E-state index contributed by atoms with van der Waals surface area (Å²) in [6.07, 6.45) is 0.922. The van der Waals surface area contributed by atoms with Crippen LogP contribution in [0.4, 0.5) is 0 Å². The molecule has 0 amide bonds. The van der Waals surface area contributed by atoms with Gasteiger partial charge in [-0.1, -0.05) is 35.4 Å². The number of carbonyl (C=O) groups is 4. The minimum Gasteiger partial charge on any atom is -0.481 e. The molecule has 2 N–H and O–H groups in total. The van der Waals surface area contributed by atoms with E-state index in [0.717, 1.165) is 16.7 Å². The minimum atomic E-state index is -1.02. The van der Waals surface area contributed by atoms with E-state index < -0.39 is 11.9 Å². The molecule has 0 heterocycles. The molecule has 0 aliphatic rings. The number of methoxy groups -OCH3 is 2. The van der Waals surface area contributed by atoms with E-state index in [4.69, 9.17) is 14.9 Å². The standard InChI is InChI=1S/C13H16O4.C11H12O4/c1-9-4-6-11(13(15)17-3)10(8-9)5-7-12(14)16-2;1-7-2-4-9(11(14)15)8(6-7)3-5-10(12)13/h4,6,8H,5,7H2,1-3H3;2,4,6H,3,5H2,1H3,(H,12,13)(H,14,15). The van der Waals surface area contributed by atoms with Gasteiger partial charge in [0, 0.05) is 12.8 Å². The number of esters is 2. The van der Waals surface area contributed by atoms with Crippen molar-refractivity contribution in [3.8, 4) is 0 Å². The number of ether oxygens (including phenoxy) is 2. The van der Waals surface area contributed by atoms with Gasteiger partial charge in [-0.05, 0) is 49.9 Å². The highest BCUT2D eigenvalue weighted by Crippen LogP contribution is 2.16. The van der Waals surface area contributed by atoms with Crippen LogP contribution in [0.5, 0.6) is 0 Å². The summed E-state index contributed by atoms with van der Waals surface area (Å²) in [6.45, 7) is 3.78. The Morgan fingerprint density at radius 3 is 1.72 bits per heavy atom. The molecule has 0 bridgehead atoms. The number of rotatable bonds is 8. The smallest absolute Gasteiger partial charge is 0.338 e. The summed E-state index contributed by atoms with van der Waals surface area (Å²) in [4.78, 5) is 43.8. The number of carbonyl (C=O) groups excluding carboxylic acids is 2. The van der Waals surface area contributed by atoms with Gasteiger partial charge in [0.1, 0.15) is 0 Å². The quantitative estimate of drug-likeness (QED) is 0.591. The van der Waals surface area contributed by atoms with E-state index in [2.05, 4.69) is 4.74 Å².